The summed E-state index contributed by atoms with van der Waals surface area (Å²) in [6.07, 6.45) is 5.55. The molecule has 2 fully saturated rings. The number of H-pyrrole nitrogens is 1. The van der Waals surface area contributed by atoms with Crippen molar-refractivity contribution >= 4 is 16.7 Å². The second-order valence-electron chi connectivity index (χ2n) is 8.79. The van der Waals surface area contributed by atoms with Crippen molar-refractivity contribution in [3.63, 3.8) is 0 Å². The van der Waals surface area contributed by atoms with E-state index in [4.69, 9.17) is 9.47 Å². The van der Waals surface area contributed by atoms with E-state index >= 15 is 0 Å². The Balaban J connectivity index is 1.42. The molecule has 9 heteroatoms. The average molecular weight is 435 g/mol. The Hall–Kier alpha value is -3.17. The summed E-state index contributed by atoms with van der Waals surface area (Å²) in [7, 11) is 1.63. The number of rotatable bonds is 4. The Bertz CT molecular complexity index is 1370. The van der Waals surface area contributed by atoms with Gasteiger partial charge in [0.15, 0.2) is 11.4 Å². The number of pyridine rings is 1. The Morgan fingerprint density at radius 2 is 2.09 bits per heavy atom. The van der Waals surface area contributed by atoms with E-state index in [1.807, 2.05) is 16.8 Å². The van der Waals surface area contributed by atoms with E-state index in [2.05, 4.69) is 39.0 Å². The molecule has 2 aliphatic heterocycles. The SMILES string of the molecule is COc1cc(-c2cc3[nH]c(=O)n(C4CCCN(C5COC5)C4)c3cc2C)cn2ncnc12. The Labute approximate surface area is 184 Å². The molecule has 2 saturated heterocycles. The molecule has 5 heterocycles. The Morgan fingerprint density at radius 1 is 1.22 bits per heavy atom. The van der Waals surface area contributed by atoms with E-state index in [0.717, 1.165) is 66.9 Å². The number of likely N-dealkylation sites (tertiary alicyclic amines) is 1. The fourth-order valence-corrected chi connectivity index (χ4v) is 5.10. The number of hydrogen-bond donors (Lipinski definition) is 1. The molecule has 2 aliphatic rings. The number of aromatic nitrogens is 5. The molecule has 32 heavy (non-hydrogen) atoms. The number of nitrogens with zero attached hydrogens (tertiary/aromatic N) is 5. The average Bonchev–Trinajstić information content (AvgIpc) is 3.34. The summed E-state index contributed by atoms with van der Waals surface area (Å²) >= 11 is 0. The molecule has 1 atom stereocenters. The topological polar surface area (TPSA) is 89.7 Å². The van der Waals surface area contributed by atoms with Crippen molar-refractivity contribution in [1.29, 1.82) is 0 Å². The van der Waals surface area contributed by atoms with Crippen LogP contribution in [-0.2, 0) is 4.74 Å². The van der Waals surface area contributed by atoms with E-state index in [9.17, 15) is 4.79 Å². The predicted octanol–water partition coefficient (Wildman–Crippen LogP) is 2.39. The second-order valence-corrected chi connectivity index (χ2v) is 8.79. The molecular weight excluding hydrogens is 408 g/mol. The van der Waals surface area contributed by atoms with Crippen LogP contribution in [0.1, 0.15) is 24.4 Å². The molecule has 0 spiro atoms. The molecule has 1 N–H and O–H groups in total. The summed E-state index contributed by atoms with van der Waals surface area (Å²) in [6.45, 7) is 5.65. The third kappa shape index (κ3) is 3.03. The van der Waals surface area contributed by atoms with Gasteiger partial charge in [-0.3, -0.25) is 9.47 Å². The molecule has 1 aromatic carbocycles. The van der Waals surface area contributed by atoms with Crippen LogP contribution >= 0.6 is 0 Å². The van der Waals surface area contributed by atoms with Gasteiger partial charge in [-0.15, -0.1) is 0 Å². The van der Waals surface area contributed by atoms with Crippen LogP contribution in [0, 0.1) is 6.92 Å². The maximum atomic E-state index is 13.0. The maximum Gasteiger partial charge on any atom is 0.326 e. The molecule has 0 saturated carbocycles. The van der Waals surface area contributed by atoms with Gasteiger partial charge in [0.25, 0.3) is 0 Å². The molecule has 0 amide bonds. The number of aryl methyl sites for hydroxylation is 1. The standard InChI is InChI=1S/C23H26N6O3/c1-14-6-20-19(8-18(14)15-7-21(31-2)22-24-13-25-28(22)9-15)26-23(30)29(20)16-4-3-5-27(10-16)17-11-32-12-17/h6-9,13,16-17H,3-5,10-12H2,1-2H3,(H,26,30). The van der Waals surface area contributed by atoms with Crippen LogP contribution in [0.5, 0.6) is 5.75 Å². The Kier molecular flexibility index (Phi) is 4.55. The quantitative estimate of drug-likeness (QED) is 0.531. The maximum absolute atomic E-state index is 13.0. The van der Waals surface area contributed by atoms with Gasteiger partial charge in [-0.05, 0) is 55.6 Å². The van der Waals surface area contributed by atoms with E-state index in [0.29, 0.717) is 17.4 Å². The van der Waals surface area contributed by atoms with Crippen molar-refractivity contribution in [2.24, 2.45) is 0 Å². The number of fused-ring (bicyclic) bond motifs is 2. The molecule has 4 aromatic rings. The molecule has 166 valence electrons. The van der Waals surface area contributed by atoms with Gasteiger partial charge < -0.3 is 14.5 Å². The second kappa shape index (κ2) is 7.46. The van der Waals surface area contributed by atoms with Crippen molar-refractivity contribution in [1.82, 2.24) is 29.0 Å². The fraction of sp³-hybridized carbons (Fsp3) is 0.435. The highest BCUT2D eigenvalue weighted by Gasteiger charge is 2.32. The van der Waals surface area contributed by atoms with Crippen molar-refractivity contribution < 1.29 is 9.47 Å². The van der Waals surface area contributed by atoms with Crippen LogP contribution in [0.2, 0.25) is 0 Å². The van der Waals surface area contributed by atoms with Crippen LogP contribution in [0.4, 0.5) is 0 Å². The van der Waals surface area contributed by atoms with E-state index in [1.54, 1.807) is 11.6 Å². The minimum Gasteiger partial charge on any atom is -0.493 e. The summed E-state index contributed by atoms with van der Waals surface area (Å²) in [5.74, 6) is 0.660. The monoisotopic (exact) mass is 434 g/mol. The number of piperidine rings is 1. The molecule has 0 radical (unpaired) electrons. The van der Waals surface area contributed by atoms with Gasteiger partial charge in [-0.1, -0.05) is 0 Å². The molecule has 6 rings (SSSR count). The first kappa shape index (κ1) is 19.5. The van der Waals surface area contributed by atoms with Crippen LogP contribution in [0.25, 0.3) is 27.8 Å². The van der Waals surface area contributed by atoms with Crippen molar-refractivity contribution in [2.75, 3.05) is 33.4 Å². The van der Waals surface area contributed by atoms with Crippen molar-refractivity contribution in [3.8, 4) is 16.9 Å². The largest absolute Gasteiger partial charge is 0.493 e. The first-order chi connectivity index (χ1) is 15.6. The summed E-state index contributed by atoms with van der Waals surface area (Å²) in [5.41, 5.74) is 5.51. The molecular formula is C23H26N6O3. The number of ether oxygens (including phenoxy) is 2. The molecule has 9 nitrogen and oxygen atoms in total. The summed E-state index contributed by atoms with van der Waals surface area (Å²) in [4.78, 5) is 22.8. The van der Waals surface area contributed by atoms with E-state index < -0.39 is 0 Å². The molecule has 0 bridgehead atoms. The third-order valence-electron chi connectivity index (χ3n) is 6.86. The number of aromatic amines is 1. The fourth-order valence-electron chi connectivity index (χ4n) is 5.10. The van der Waals surface area contributed by atoms with Gasteiger partial charge in [0.1, 0.15) is 6.33 Å². The number of nitrogens with one attached hydrogen (secondary N) is 1. The van der Waals surface area contributed by atoms with Crippen LogP contribution in [0.15, 0.2) is 35.5 Å². The van der Waals surface area contributed by atoms with Gasteiger partial charge in [-0.25, -0.2) is 14.3 Å². The predicted molar refractivity (Wildman–Crippen MR) is 120 cm³/mol. The minimum atomic E-state index is -0.0439. The van der Waals surface area contributed by atoms with E-state index in [1.165, 1.54) is 6.33 Å². The summed E-state index contributed by atoms with van der Waals surface area (Å²) < 4.78 is 14.6. The van der Waals surface area contributed by atoms with Gasteiger partial charge in [0.05, 0.1) is 43.4 Å². The third-order valence-corrected chi connectivity index (χ3v) is 6.86. The first-order valence-electron chi connectivity index (χ1n) is 11.1. The lowest BCUT2D eigenvalue weighted by molar-refractivity contribution is -0.0751. The molecule has 3 aromatic heterocycles. The highest BCUT2D eigenvalue weighted by molar-refractivity contribution is 5.85. The van der Waals surface area contributed by atoms with E-state index in [-0.39, 0.29) is 11.7 Å². The summed E-state index contributed by atoms with van der Waals surface area (Å²) in [6, 6.07) is 6.80. The molecule has 1 unspecified atom stereocenters. The lowest BCUT2D eigenvalue weighted by atomic mass is 10.00. The number of hydrogen-bond acceptors (Lipinski definition) is 6. The van der Waals surface area contributed by atoms with Crippen LogP contribution in [0.3, 0.4) is 0 Å². The highest BCUT2D eigenvalue weighted by Crippen LogP contribution is 2.33. The zero-order chi connectivity index (χ0) is 21.8. The molecule has 0 aliphatic carbocycles. The van der Waals surface area contributed by atoms with Crippen molar-refractivity contribution in [3.05, 3.63) is 46.8 Å². The van der Waals surface area contributed by atoms with Gasteiger partial charge >= 0.3 is 5.69 Å². The van der Waals surface area contributed by atoms with Crippen LogP contribution in [-0.4, -0.2) is 68.5 Å². The number of methoxy groups -OCH3 is 1. The zero-order valence-electron chi connectivity index (χ0n) is 18.2. The van der Waals surface area contributed by atoms with Gasteiger partial charge in [0, 0.05) is 18.3 Å². The first-order valence-corrected chi connectivity index (χ1v) is 11.1. The number of benzene rings is 1. The van der Waals surface area contributed by atoms with Gasteiger partial charge in [0.2, 0.25) is 0 Å². The number of imidazole rings is 1. The zero-order valence-corrected chi connectivity index (χ0v) is 18.2. The van der Waals surface area contributed by atoms with Crippen LogP contribution < -0.4 is 10.4 Å². The lowest BCUT2D eigenvalue weighted by Gasteiger charge is -2.42. The highest BCUT2D eigenvalue weighted by atomic mass is 16.5. The smallest absolute Gasteiger partial charge is 0.326 e. The minimum absolute atomic E-state index is 0.0439. The summed E-state index contributed by atoms with van der Waals surface area (Å²) in [5, 5.41) is 4.27. The van der Waals surface area contributed by atoms with Crippen molar-refractivity contribution in [2.45, 2.75) is 31.8 Å². The Morgan fingerprint density at radius 3 is 2.88 bits per heavy atom. The van der Waals surface area contributed by atoms with Gasteiger partial charge in [-0.2, -0.15) is 5.10 Å². The lowest BCUT2D eigenvalue weighted by Crippen LogP contribution is -2.53. The normalized spacial score (nSPS) is 20.1.